The minimum atomic E-state index is 0.371. The van der Waals surface area contributed by atoms with Crippen molar-refractivity contribution >= 4 is 0 Å². The minimum absolute atomic E-state index is 0.371. The highest BCUT2D eigenvalue weighted by Gasteiger charge is 2.34. The van der Waals surface area contributed by atoms with Crippen LogP contribution in [0.25, 0.3) is 0 Å². The molecular weight excluding hydrogens is 234 g/mol. The van der Waals surface area contributed by atoms with Crippen molar-refractivity contribution in [2.24, 2.45) is 11.3 Å². The Morgan fingerprint density at radius 2 is 1.95 bits per heavy atom. The maximum absolute atomic E-state index is 6.49. The first kappa shape index (κ1) is 17.0. The van der Waals surface area contributed by atoms with Gasteiger partial charge in [0.05, 0.1) is 12.2 Å². The van der Waals surface area contributed by atoms with Gasteiger partial charge in [-0.1, -0.05) is 41.0 Å². The number of ether oxygens (including phenoxy) is 1. The van der Waals surface area contributed by atoms with Crippen LogP contribution in [0, 0.1) is 11.3 Å². The predicted octanol–water partition coefficient (Wildman–Crippen LogP) is 4.38. The molecule has 0 spiro atoms. The van der Waals surface area contributed by atoms with Crippen LogP contribution in [0.2, 0.25) is 0 Å². The Bertz CT molecular complexity index is 252. The number of hydrogen-bond donors (Lipinski definition) is 1. The molecule has 1 fully saturated rings. The van der Waals surface area contributed by atoms with Crippen molar-refractivity contribution in [3.8, 4) is 0 Å². The molecule has 4 unspecified atom stereocenters. The zero-order valence-electron chi connectivity index (χ0n) is 14.0. The second-order valence-electron chi connectivity index (χ2n) is 7.30. The maximum Gasteiger partial charge on any atom is 0.0729 e. The summed E-state index contributed by atoms with van der Waals surface area (Å²) in [5, 5.41) is 3.45. The van der Waals surface area contributed by atoms with Crippen LogP contribution in [0.5, 0.6) is 0 Å². The summed E-state index contributed by atoms with van der Waals surface area (Å²) < 4.78 is 6.49. The number of nitrogens with one attached hydrogen (secondary N) is 1. The molecule has 0 aliphatic heterocycles. The van der Waals surface area contributed by atoms with E-state index in [9.17, 15) is 0 Å². The lowest BCUT2D eigenvalue weighted by Crippen LogP contribution is -2.43. The third-order valence-corrected chi connectivity index (χ3v) is 4.54. The maximum atomic E-state index is 6.49. The average Bonchev–Trinajstić information content (AvgIpc) is 2.31. The molecular formula is C17H35NO. The van der Waals surface area contributed by atoms with Gasteiger partial charge in [0.1, 0.15) is 0 Å². The van der Waals surface area contributed by atoms with E-state index in [-0.39, 0.29) is 0 Å². The zero-order valence-corrected chi connectivity index (χ0v) is 14.0. The molecule has 1 rings (SSSR count). The first-order valence-corrected chi connectivity index (χ1v) is 8.24. The lowest BCUT2D eigenvalue weighted by atomic mass is 9.71. The van der Waals surface area contributed by atoms with Crippen molar-refractivity contribution in [3.05, 3.63) is 0 Å². The van der Waals surface area contributed by atoms with E-state index in [0.717, 1.165) is 12.3 Å². The van der Waals surface area contributed by atoms with Gasteiger partial charge in [0.25, 0.3) is 0 Å². The summed E-state index contributed by atoms with van der Waals surface area (Å²) in [5.41, 5.74) is 0.445. The van der Waals surface area contributed by atoms with Crippen LogP contribution in [0.3, 0.4) is 0 Å². The summed E-state index contributed by atoms with van der Waals surface area (Å²) in [6, 6.07) is 0.510. The van der Waals surface area contributed by atoms with Crippen LogP contribution in [0.1, 0.15) is 73.1 Å². The van der Waals surface area contributed by atoms with E-state index in [4.69, 9.17) is 4.74 Å². The van der Waals surface area contributed by atoms with E-state index in [2.05, 4.69) is 47.0 Å². The van der Waals surface area contributed by atoms with E-state index in [1.807, 2.05) is 0 Å². The Balaban J connectivity index is 2.59. The molecule has 0 aromatic rings. The number of likely N-dealkylation sites (N-methyl/N-ethyl adjacent to an activating group) is 1. The largest absolute Gasteiger partial charge is 0.373 e. The molecule has 4 atom stereocenters. The third kappa shape index (κ3) is 5.43. The van der Waals surface area contributed by atoms with Gasteiger partial charge in [0, 0.05) is 6.04 Å². The smallest absolute Gasteiger partial charge is 0.0729 e. The topological polar surface area (TPSA) is 21.3 Å². The molecule has 0 aromatic carbocycles. The van der Waals surface area contributed by atoms with E-state index in [0.29, 0.717) is 23.7 Å². The second-order valence-corrected chi connectivity index (χ2v) is 7.30. The first-order valence-electron chi connectivity index (χ1n) is 8.24. The van der Waals surface area contributed by atoms with Gasteiger partial charge >= 0.3 is 0 Å². The van der Waals surface area contributed by atoms with Gasteiger partial charge in [-0.3, -0.25) is 0 Å². The molecule has 1 N–H and O–H groups in total. The Hall–Kier alpha value is -0.0800. The highest BCUT2D eigenvalue weighted by Crippen LogP contribution is 2.40. The van der Waals surface area contributed by atoms with Gasteiger partial charge < -0.3 is 10.1 Å². The van der Waals surface area contributed by atoms with Gasteiger partial charge in [-0.2, -0.15) is 0 Å². The van der Waals surface area contributed by atoms with Gasteiger partial charge in [-0.15, -0.1) is 0 Å². The monoisotopic (exact) mass is 269 g/mol. The Morgan fingerprint density at radius 1 is 1.26 bits per heavy atom. The third-order valence-electron chi connectivity index (χ3n) is 4.54. The standard InChI is InChI=1S/C17H35NO/c1-7-9-15(18-6)16(8-2)19-14-10-13(3)11-17(4,5)12-14/h13-16,18H,7-12H2,1-6H3. The van der Waals surface area contributed by atoms with E-state index >= 15 is 0 Å². The Morgan fingerprint density at radius 3 is 2.42 bits per heavy atom. The normalized spacial score (nSPS) is 30.0. The summed E-state index contributed by atoms with van der Waals surface area (Å²) in [4.78, 5) is 0. The number of rotatable bonds is 7. The predicted molar refractivity (Wildman–Crippen MR) is 83.5 cm³/mol. The molecule has 19 heavy (non-hydrogen) atoms. The Kier molecular flexibility index (Phi) is 6.82. The summed E-state index contributed by atoms with van der Waals surface area (Å²) in [7, 11) is 2.07. The van der Waals surface area contributed by atoms with Gasteiger partial charge in [0.2, 0.25) is 0 Å². The van der Waals surface area contributed by atoms with Crippen molar-refractivity contribution < 1.29 is 4.74 Å². The molecule has 2 nitrogen and oxygen atoms in total. The van der Waals surface area contributed by atoms with Crippen LogP contribution in [0.4, 0.5) is 0 Å². The van der Waals surface area contributed by atoms with Crippen molar-refractivity contribution in [3.63, 3.8) is 0 Å². The van der Waals surface area contributed by atoms with Crippen molar-refractivity contribution in [1.29, 1.82) is 0 Å². The van der Waals surface area contributed by atoms with Crippen LogP contribution in [-0.4, -0.2) is 25.3 Å². The summed E-state index contributed by atoms with van der Waals surface area (Å²) in [6.07, 6.45) is 8.16. The summed E-state index contributed by atoms with van der Waals surface area (Å²) in [6.45, 7) is 11.7. The molecule has 1 aliphatic rings. The molecule has 0 amide bonds. The van der Waals surface area contributed by atoms with Gasteiger partial charge in [-0.25, -0.2) is 0 Å². The van der Waals surface area contributed by atoms with Gasteiger partial charge in [-0.05, 0) is 50.5 Å². The molecule has 0 radical (unpaired) electrons. The fourth-order valence-electron chi connectivity index (χ4n) is 3.91. The van der Waals surface area contributed by atoms with Crippen LogP contribution >= 0.6 is 0 Å². The SMILES string of the molecule is CCCC(NC)C(CC)OC1CC(C)CC(C)(C)C1. The fraction of sp³-hybridized carbons (Fsp3) is 1.00. The van der Waals surface area contributed by atoms with Crippen LogP contribution in [0.15, 0.2) is 0 Å². The van der Waals surface area contributed by atoms with Gasteiger partial charge in [0.15, 0.2) is 0 Å². The number of hydrogen-bond acceptors (Lipinski definition) is 2. The fourth-order valence-corrected chi connectivity index (χ4v) is 3.91. The van der Waals surface area contributed by atoms with Crippen molar-refractivity contribution in [2.45, 2.75) is 91.4 Å². The molecule has 114 valence electrons. The van der Waals surface area contributed by atoms with Crippen LogP contribution in [-0.2, 0) is 4.74 Å². The van der Waals surface area contributed by atoms with E-state index < -0.39 is 0 Å². The quantitative estimate of drug-likeness (QED) is 0.740. The summed E-state index contributed by atoms with van der Waals surface area (Å²) >= 11 is 0. The highest BCUT2D eigenvalue weighted by atomic mass is 16.5. The molecule has 1 aliphatic carbocycles. The highest BCUT2D eigenvalue weighted by molar-refractivity contribution is 4.85. The lowest BCUT2D eigenvalue weighted by molar-refractivity contribution is -0.0790. The minimum Gasteiger partial charge on any atom is -0.373 e. The zero-order chi connectivity index (χ0) is 14.5. The molecule has 0 saturated heterocycles. The molecule has 0 bridgehead atoms. The van der Waals surface area contributed by atoms with E-state index in [1.54, 1.807) is 0 Å². The van der Waals surface area contributed by atoms with Crippen LogP contribution < -0.4 is 5.32 Å². The molecule has 0 aromatic heterocycles. The first-order chi connectivity index (χ1) is 8.91. The molecule has 2 heteroatoms. The van der Waals surface area contributed by atoms with Crippen molar-refractivity contribution in [2.75, 3.05) is 7.05 Å². The lowest BCUT2D eigenvalue weighted by Gasteiger charge is -2.41. The molecule has 1 saturated carbocycles. The van der Waals surface area contributed by atoms with Crippen molar-refractivity contribution in [1.82, 2.24) is 5.32 Å². The summed E-state index contributed by atoms with van der Waals surface area (Å²) in [5.74, 6) is 0.797. The van der Waals surface area contributed by atoms with E-state index in [1.165, 1.54) is 32.1 Å². The second kappa shape index (κ2) is 7.64. The Labute approximate surface area is 120 Å². The average molecular weight is 269 g/mol. The molecule has 0 heterocycles.